The molecule has 0 aliphatic carbocycles. The van der Waals surface area contributed by atoms with Crippen LogP contribution < -0.4 is 0 Å². The smallest absolute Gasteiger partial charge is 0.133 e. The van der Waals surface area contributed by atoms with Crippen molar-refractivity contribution in [2.45, 2.75) is 40.7 Å². The van der Waals surface area contributed by atoms with E-state index in [1.807, 2.05) is 20.8 Å². The summed E-state index contributed by atoms with van der Waals surface area (Å²) in [6.07, 6.45) is -0.402. The molecule has 0 fully saturated rings. The number of carbonyl (C=O) groups is 1. The quantitative estimate of drug-likeness (QED) is 0.703. The van der Waals surface area contributed by atoms with Gasteiger partial charge in [0.1, 0.15) is 5.78 Å². The lowest BCUT2D eigenvalue weighted by molar-refractivity contribution is -0.125. The third kappa shape index (κ3) is 2.94. The Balaban J connectivity index is 4.40. The monoisotopic (exact) mass is 172 g/mol. The first-order valence-corrected chi connectivity index (χ1v) is 4.56. The van der Waals surface area contributed by atoms with Gasteiger partial charge in [0.15, 0.2) is 0 Å². The first-order chi connectivity index (χ1) is 5.37. The predicted octanol–water partition coefficient (Wildman–Crippen LogP) is 1.86. The number of ketones is 1. The van der Waals surface area contributed by atoms with Crippen molar-refractivity contribution in [2.24, 2.45) is 17.8 Å². The van der Waals surface area contributed by atoms with Gasteiger partial charge in [0.2, 0.25) is 0 Å². The van der Waals surface area contributed by atoms with Gasteiger partial charge < -0.3 is 5.11 Å². The van der Waals surface area contributed by atoms with E-state index in [-0.39, 0.29) is 17.6 Å². The molecule has 0 aromatic rings. The summed E-state index contributed by atoms with van der Waals surface area (Å²) in [6.45, 7) is 9.30. The largest absolute Gasteiger partial charge is 0.393 e. The predicted molar refractivity (Wildman–Crippen MR) is 49.9 cm³/mol. The number of carbonyl (C=O) groups excluding carboxylic acids is 1. The van der Waals surface area contributed by atoms with Crippen LogP contribution in [-0.2, 0) is 4.79 Å². The summed E-state index contributed by atoms with van der Waals surface area (Å²) in [5.41, 5.74) is 0. The lowest BCUT2D eigenvalue weighted by Gasteiger charge is -2.26. The second-order valence-corrected chi connectivity index (χ2v) is 3.98. The van der Waals surface area contributed by atoms with Crippen molar-refractivity contribution in [1.29, 1.82) is 0 Å². The molecule has 3 unspecified atom stereocenters. The number of Topliss-reactive ketones (excluding diaryl/α,β-unsaturated/α-hetero) is 1. The summed E-state index contributed by atoms with van der Waals surface area (Å²) in [5, 5.41) is 9.34. The van der Waals surface area contributed by atoms with Crippen molar-refractivity contribution >= 4 is 5.78 Å². The summed E-state index contributed by atoms with van der Waals surface area (Å²) >= 11 is 0. The number of hydrogen-bond donors (Lipinski definition) is 1. The van der Waals surface area contributed by atoms with Crippen molar-refractivity contribution in [3.05, 3.63) is 0 Å². The van der Waals surface area contributed by atoms with Crippen LogP contribution >= 0.6 is 0 Å². The molecule has 0 aliphatic rings. The average Bonchev–Trinajstić information content (AvgIpc) is 1.85. The molecule has 0 rings (SSSR count). The number of aliphatic hydroxyl groups excluding tert-OH is 1. The molecule has 2 nitrogen and oxygen atoms in total. The summed E-state index contributed by atoms with van der Waals surface area (Å²) in [4.78, 5) is 11.2. The molecule has 72 valence electrons. The minimum Gasteiger partial charge on any atom is -0.393 e. The maximum Gasteiger partial charge on any atom is 0.133 e. The van der Waals surface area contributed by atoms with Crippen molar-refractivity contribution in [3.63, 3.8) is 0 Å². The van der Waals surface area contributed by atoms with E-state index in [2.05, 4.69) is 0 Å². The van der Waals surface area contributed by atoms with Gasteiger partial charge in [0.05, 0.1) is 6.10 Å². The van der Waals surface area contributed by atoms with E-state index in [0.29, 0.717) is 5.92 Å². The molecule has 0 saturated carbocycles. The molecule has 1 N–H and O–H groups in total. The van der Waals surface area contributed by atoms with Gasteiger partial charge in [-0.2, -0.15) is 0 Å². The summed E-state index contributed by atoms with van der Waals surface area (Å²) in [5.74, 6) is 0.540. The molecule has 0 bridgehead atoms. The van der Waals surface area contributed by atoms with E-state index in [1.165, 1.54) is 0 Å². The maximum atomic E-state index is 11.2. The Morgan fingerprint density at radius 2 is 1.58 bits per heavy atom. The standard InChI is InChI=1S/C10H20O2/c1-6(2)10(9(5)12)7(3)8(4)11/h6-8,10-11H,1-5H3. The van der Waals surface area contributed by atoms with Crippen LogP contribution in [0.1, 0.15) is 34.6 Å². The van der Waals surface area contributed by atoms with E-state index < -0.39 is 6.10 Å². The molecule has 0 amide bonds. The number of aliphatic hydroxyl groups is 1. The normalized spacial score (nSPS) is 18.9. The van der Waals surface area contributed by atoms with Crippen LogP contribution in [-0.4, -0.2) is 17.0 Å². The molecule has 3 atom stereocenters. The second-order valence-electron chi connectivity index (χ2n) is 3.98. The molecular weight excluding hydrogens is 152 g/mol. The minimum absolute atomic E-state index is 0.00926. The molecule has 0 aromatic carbocycles. The zero-order valence-corrected chi connectivity index (χ0v) is 8.66. The van der Waals surface area contributed by atoms with Crippen LogP contribution in [0.4, 0.5) is 0 Å². The van der Waals surface area contributed by atoms with Gasteiger partial charge in [0.25, 0.3) is 0 Å². The highest BCUT2D eigenvalue weighted by Crippen LogP contribution is 2.24. The first-order valence-electron chi connectivity index (χ1n) is 4.56. The van der Waals surface area contributed by atoms with E-state index in [1.54, 1.807) is 13.8 Å². The Morgan fingerprint density at radius 3 is 1.67 bits per heavy atom. The Morgan fingerprint density at radius 1 is 1.17 bits per heavy atom. The van der Waals surface area contributed by atoms with Crippen LogP contribution in [0.15, 0.2) is 0 Å². The van der Waals surface area contributed by atoms with Gasteiger partial charge in [0, 0.05) is 5.92 Å². The third-order valence-electron chi connectivity index (χ3n) is 2.52. The fraction of sp³-hybridized carbons (Fsp3) is 0.900. The molecule has 0 saturated heterocycles. The van der Waals surface area contributed by atoms with Crippen molar-refractivity contribution in [3.8, 4) is 0 Å². The Bertz CT molecular complexity index is 150. The molecule has 0 heterocycles. The van der Waals surface area contributed by atoms with Gasteiger partial charge in [-0.1, -0.05) is 20.8 Å². The summed E-state index contributed by atoms with van der Waals surface area (Å²) in [7, 11) is 0. The first kappa shape index (κ1) is 11.6. The average molecular weight is 172 g/mol. The van der Waals surface area contributed by atoms with Crippen LogP contribution in [0.2, 0.25) is 0 Å². The zero-order valence-electron chi connectivity index (χ0n) is 8.66. The molecule has 0 aliphatic heterocycles. The highest BCUT2D eigenvalue weighted by Gasteiger charge is 2.27. The Hall–Kier alpha value is -0.370. The second kappa shape index (κ2) is 4.61. The summed E-state index contributed by atoms with van der Waals surface area (Å²) in [6, 6.07) is 0. The van der Waals surface area contributed by atoms with E-state index >= 15 is 0 Å². The van der Waals surface area contributed by atoms with Gasteiger partial charge in [-0.05, 0) is 25.7 Å². The fourth-order valence-electron chi connectivity index (χ4n) is 1.75. The van der Waals surface area contributed by atoms with Crippen molar-refractivity contribution in [1.82, 2.24) is 0 Å². The Kier molecular flexibility index (Phi) is 4.46. The molecule has 0 radical (unpaired) electrons. The van der Waals surface area contributed by atoms with Crippen LogP contribution in [0.25, 0.3) is 0 Å². The van der Waals surface area contributed by atoms with Gasteiger partial charge in [-0.15, -0.1) is 0 Å². The zero-order chi connectivity index (χ0) is 9.89. The lowest BCUT2D eigenvalue weighted by Crippen LogP contribution is -2.31. The van der Waals surface area contributed by atoms with Gasteiger partial charge in [-0.25, -0.2) is 0 Å². The van der Waals surface area contributed by atoms with E-state index in [4.69, 9.17) is 0 Å². The number of hydrogen-bond acceptors (Lipinski definition) is 2. The number of rotatable bonds is 4. The van der Waals surface area contributed by atoms with Crippen molar-refractivity contribution < 1.29 is 9.90 Å². The van der Waals surface area contributed by atoms with E-state index in [0.717, 1.165) is 0 Å². The fourth-order valence-corrected chi connectivity index (χ4v) is 1.75. The molecule has 12 heavy (non-hydrogen) atoms. The topological polar surface area (TPSA) is 37.3 Å². The maximum absolute atomic E-state index is 11.2. The van der Waals surface area contributed by atoms with Crippen LogP contribution in [0, 0.1) is 17.8 Å². The SMILES string of the molecule is CC(=O)C(C(C)C)C(C)C(C)O. The Labute approximate surface area is 75.0 Å². The summed E-state index contributed by atoms with van der Waals surface area (Å²) < 4.78 is 0. The highest BCUT2D eigenvalue weighted by molar-refractivity contribution is 5.78. The van der Waals surface area contributed by atoms with Crippen molar-refractivity contribution in [2.75, 3.05) is 0 Å². The third-order valence-corrected chi connectivity index (χ3v) is 2.52. The van der Waals surface area contributed by atoms with Gasteiger partial charge in [-0.3, -0.25) is 4.79 Å². The highest BCUT2D eigenvalue weighted by atomic mass is 16.3. The van der Waals surface area contributed by atoms with Gasteiger partial charge >= 0.3 is 0 Å². The van der Waals surface area contributed by atoms with E-state index in [9.17, 15) is 9.90 Å². The molecule has 0 spiro atoms. The molecule has 2 heteroatoms. The lowest BCUT2D eigenvalue weighted by atomic mass is 9.79. The molecule has 0 aromatic heterocycles. The molecular formula is C10H20O2. The van der Waals surface area contributed by atoms with Crippen LogP contribution in [0.3, 0.4) is 0 Å². The minimum atomic E-state index is -0.402. The van der Waals surface area contributed by atoms with Crippen LogP contribution in [0.5, 0.6) is 0 Å².